The van der Waals surface area contributed by atoms with E-state index in [0.29, 0.717) is 23.5 Å². The van der Waals surface area contributed by atoms with Gasteiger partial charge in [0.25, 0.3) is 0 Å². The average Bonchev–Trinajstić information content (AvgIpc) is 2.85. The van der Waals surface area contributed by atoms with E-state index in [4.69, 9.17) is 4.74 Å². The molecule has 0 bridgehead atoms. The Balaban J connectivity index is 1.66. The Morgan fingerprint density at radius 3 is 3.00 bits per heavy atom. The van der Waals surface area contributed by atoms with Crippen molar-refractivity contribution in [2.75, 3.05) is 7.11 Å². The van der Waals surface area contributed by atoms with Crippen molar-refractivity contribution in [3.63, 3.8) is 0 Å². The predicted molar refractivity (Wildman–Crippen MR) is 71.5 cm³/mol. The standard InChI is InChI=1S/C17H22O2/c1-19-17-13-7-8-16(17)10(9-14(13)17)5-6-11-12(16)3-2-4-15(11)18/h7-8,10-14H,2-6,9H2,1H3/t10-,11+,12-,13+,14-,16-,17?/m0/s1. The maximum atomic E-state index is 12.3. The zero-order chi connectivity index (χ0) is 12.8. The summed E-state index contributed by atoms with van der Waals surface area (Å²) < 4.78 is 6.13. The lowest BCUT2D eigenvalue weighted by atomic mass is 9.52. The number of ether oxygens (including phenoxy) is 1. The maximum absolute atomic E-state index is 12.3. The van der Waals surface area contributed by atoms with Crippen LogP contribution in [0.25, 0.3) is 0 Å². The number of hydrogen-bond acceptors (Lipinski definition) is 2. The zero-order valence-corrected chi connectivity index (χ0v) is 11.6. The molecule has 0 heterocycles. The molecule has 102 valence electrons. The number of ketones is 1. The first-order chi connectivity index (χ1) is 9.25. The van der Waals surface area contributed by atoms with Crippen LogP contribution < -0.4 is 0 Å². The summed E-state index contributed by atoms with van der Waals surface area (Å²) in [6.45, 7) is 0. The van der Waals surface area contributed by atoms with Gasteiger partial charge in [0, 0.05) is 30.8 Å². The summed E-state index contributed by atoms with van der Waals surface area (Å²) in [5.41, 5.74) is 0.342. The molecular formula is C17H22O2. The number of carbonyl (C=O) groups excluding carboxylic acids is 1. The molecule has 0 amide bonds. The smallest absolute Gasteiger partial charge is 0.136 e. The van der Waals surface area contributed by atoms with Crippen LogP contribution in [0.1, 0.15) is 38.5 Å². The first-order valence-electron chi connectivity index (χ1n) is 8.03. The van der Waals surface area contributed by atoms with Crippen LogP contribution in [0.4, 0.5) is 0 Å². The van der Waals surface area contributed by atoms with Gasteiger partial charge in [-0.25, -0.2) is 0 Å². The Kier molecular flexibility index (Phi) is 1.84. The summed E-state index contributed by atoms with van der Waals surface area (Å²) in [6, 6.07) is 0. The van der Waals surface area contributed by atoms with Gasteiger partial charge in [0.05, 0.1) is 5.60 Å². The number of rotatable bonds is 1. The van der Waals surface area contributed by atoms with Gasteiger partial charge in [-0.3, -0.25) is 4.79 Å². The third-order valence-electron chi connectivity index (χ3n) is 7.46. The Morgan fingerprint density at radius 2 is 2.16 bits per heavy atom. The molecule has 19 heavy (non-hydrogen) atoms. The average molecular weight is 258 g/mol. The second-order valence-electron chi connectivity index (χ2n) is 7.50. The summed E-state index contributed by atoms with van der Waals surface area (Å²) in [4.78, 5) is 12.3. The van der Waals surface area contributed by atoms with E-state index in [2.05, 4.69) is 12.2 Å². The molecule has 0 saturated heterocycles. The number of methoxy groups -OCH3 is 1. The third kappa shape index (κ3) is 0.932. The van der Waals surface area contributed by atoms with Gasteiger partial charge < -0.3 is 4.74 Å². The van der Waals surface area contributed by atoms with Crippen molar-refractivity contribution in [1.29, 1.82) is 0 Å². The van der Waals surface area contributed by atoms with E-state index in [9.17, 15) is 4.79 Å². The molecule has 1 spiro atoms. The summed E-state index contributed by atoms with van der Waals surface area (Å²) in [7, 11) is 1.92. The molecule has 0 aliphatic heterocycles. The molecule has 0 N–H and O–H groups in total. The predicted octanol–water partition coefficient (Wildman–Crippen LogP) is 2.97. The quantitative estimate of drug-likeness (QED) is 0.676. The summed E-state index contributed by atoms with van der Waals surface area (Å²) in [6.07, 6.45) is 11.9. The summed E-state index contributed by atoms with van der Waals surface area (Å²) in [5.74, 6) is 3.71. The van der Waals surface area contributed by atoms with E-state index in [-0.39, 0.29) is 11.0 Å². The molecule has 4 saturated carbocycles. The largest absolute Gasteiger partial charge is 0.376 e. The van der Waals surface area contributed by atoms with Gasteiger partial charge in [0.2, 0.25) is 0 Å². The monoisotopic (exact) mass is 258 g/mol. The van der Waals surface area contributed by atoms with Crippen LogP contribution in [0.5, 0.6) is 0 Å². The molecule has 2 nitrogen and oxygen atoms in total. The lowest BCUT2D eigenvalue weighted by Gasteiger charge is -2.53. The SMILES string of the molecule is COC12[C@@H]3C=C[C@@]14[C@@H](CC[C@H]1C(=O)CCC[C@@H]14)C[C@@H]32. The number of Topliss-reactive ketones (excluding diaryl/α,β-unsaturated/α-hetero) is 1. The number of fused-ring (bicyclic) bond motifs is 2. The van der Waals surface area contributed by atoms with Gasteiger partial charge >= 0.3 is 0 Å². The fourth-order valence-corrected chi connectivity index (χ4v) is 6.98. The molecule has 0 aromatic heterocycles. The fourth-order valence-electron chi connectivity index (χ4n) is 6.98. The molecule has 7 atom stereocenters. The topological polar surface area (TPSA) is 26.3 Å². The highest BCUT2D eigenvalue weighted by Gasteiger charge is 2.84. The van der Waals surface area contributed by atoms with Crippen molar-refractivity contribution in [3.05, 3.63) is 12.2 Å². The molecular weight excluding hydrogens is 236 g/mol. The molecule has 4 fully saturated rings. The maximum Gasteiger partial charge on any atom is 0.136 e. The molecule has 0 aromatic carbocycles. The summed E-state index contributed by atoms with van der Waals surface area (Å²) in [5, 5.41) is 0. The molecule has 2 heteroatoms. The molecule has 0 radical (unpaired) electrons. The van der Waals surface area contributed by atoms with Crippen LogP contribution in [-0.2, 0) is 9.53 Å². The van der Waals surface area contributed by atoms with Crippen molar-refractivity contribution in [2.45, 2.75) is 44.1 Å². The van der Waals surface area contributed by atoms with Crippen molar-refractivity contribution >= 4 is 5.78 Å². The third-order valence-corrected chi connectivity index (χ3v) is 7.46. The zero-order valence-electron chi connectivity index (χ0n) is 11.6. The fraction of sp³-hybridized carbons (Fsp3) is 0.824. The van der Waals surface area contributed by atoms with Crippen molar-refractivity contribution in [2.24, 2.45) is 35.0 Å². The van der Waals surface area contributed by atoms with Gasteiger partial charge in [-0.15, -0.1) is 0 Å². The molecule has 5 aliphatic rings. The highest BCUT2D eigenvalue weighted by molar-refractivity contribution is 5.82. The van der Waals surface area contributed by atoms with E-state index in [1.807, 2.05) is 7.11 Å². The first kappa shape index (κ1) is 11.1. The van der Waals surface area contributed by atoms with Crippen LogP contribution in [0.15, 0.2) is 12.2 Å². The van der Waals surface area contributed by atoms with E-state index in [1.165, 1.54) is 19.3 Å². The lowest BCUT2D eigenvalue weighted by Crippen LogP contribution is -2.53. The minimum atomic E-state index is 0.110. The highest BCUT2D eigenvalue weighted by atomic mass is 16.5. The second kappa shape index (κ2) is 3.16. The Hall–Kier alpha value is -0.630. The van der Waals surface area contributed by atoms with Crippen LogP contribution in [-0.4, -0.2) is 18.5 Å². The minimum absolute atomic E-state index is 0.110. The van der Waals surface area contributed by atoms with Crippen molar-refractivity contribution < 1.29 is 9.53 Å². The van der Waals surface area contributed by atoms with Gasteiger partial charge in [0.15, 0.2) is 0 Å². The van der Waals surface area contributed by atoms with Gasteiger partial charge in [-0.1, -0.05) is 12.2 Å². The first-order valence-corrected chi connectivity index (χ1v) is 8.03. The van der Waals surface area contributed by atoms with Gasteiger partial charge in [0.1, 0.15) is 5.78 Å². The Bertz CT molecular complexity index is 495. The van der Waals surface area contributed by atoms with Crippen LogP contribution >= 0.6 is 0 Å². The van der Waals surface area contributed by atoms with E-state index >= 15 is 0 Å². The highest BCUT2D eigenvalue weighted by Crippen LogP contribution is 2.82. The number of hydrogen-bond donors (Lipinski definition) is 0. The summed E-state index contributed by atoms with van der Waals surface area (Å²) >= 11 is 0. The minimum Gasteiger partial charge on any atom is -0.376 e. The Labute approximate surface area is 114 Å². The van der Waals surface area contributed by atoms with Crippen LogP contribution in [0.2, 0.25) is 0 Å². The van der Waals surface area contributed by atoms with E-state index < -0.39 is 0 Å². The van der Waals surface area contributed by atoms with Gasteiger partial charge in [-0.2, -0.15) is 0 Å². The molecule has 1 unspecified atom stereocenters. The van der Waals surface area contributed by atoms with Crippen molar-refractivity contribution in [3.8, 4) is 0 Å². The second-order valence-corrected chi connectivity index (χ2v) is 7.50. The Morgan fingerprint density at radius 1 is 1.26 bits per heavy atom. The molecule has 5 aliphatic carbocycles. The van der Waals surface area contributed by atoms with Gasteiger partial charge in [-0.05, 0) is 49.9 Å². The number of carbonyl (C=O) groups is 1. The normalized spacial score (nSPS) is 60.7. The van der Waals surface area contributed by atoms with E-state index in [1.54, 1.807) is 0 Å². The van der Waals surface area contributed by atoms with Crippen LogP contribution in [0, 0.1) is 35.0 Å². The molecule has 5 rings (SSSR count). The molecule has 0 aromatic rings. The van der Waals surface area contributed by atoms with Crippen molar-refractivity contribution in [1.82, 2.24) is 0 Å². The van der Waals surface area contributed by atoms with E-state index in [0.717, 1.165) is 31.1 Å². The van der Waals surface area contributed by atoms with Crippen LogP contribution in [0.3, 0.4) is 0 Å². The lowest BCUT2D eigenvalue weighted by molar-refractivity contribution is -0.141.